The van der Waals surface area contributed by atoms with Gasteiger partial charge in [-0.15, -0.1) is 0 Å². The average molecular weight is 333 g/mol. The Hall–Kier alpha value is -3.54. The quantitative estimate of drug-likeness (QED) is 0.306. The van der Waals surface area contributed by atoms with E-state index in [1.807, 2.05) is 37.3 Å². The molecule has 0 N–H and O–H groups in total. The molecule has 0 radical (unpaired) electrons. The third-order valence-corrected chi connectivity index (χ3v) is 3.78. The van der Waals surface area contributed by atoms with Crippen molar-refractivity contribution in [1.29, 1.82) is 0 Å². The number of rotatable bonds is 5. The minimum absolute atomic E-state index is 0.0114. The van der Waals surface area contributed by atoms with Crippen molar-refractivity contribution in [3.63, 3.8) is 0 Å². The van der Waals surface area contributed by atoms with Crippen LogP contribution in [0.5, 0.6) is 0 Å². The van der Waals surface area contributed by atoms with Crippen molar-refractivity contribution in [1.82, 2.24) is 9.78 Å². The Morgan fingerprint density at radius 2 is 1.92 bits per heavy atom. The Kier molecular flexibility index (Phi) is 4.52. The van der Waals surface area contributed by atoms with Crippen LogP contribution in [0.4, 0.5) is 5.69 Å². The monoisotopic (exact) mass is 333 g/mol. The van der Waals surface area contributed by atoms with E-state index in [2.05, 4.69) is 5.10 Å². The molecule has 1 aromatic heterocycles. The molecule has 0 unspecified atom stereocenters. The number of hydrogen-bond acceptors (Lipinski definition) is 4. The van der Waals surface area contributed by atoms with Gasteiger partial charge in [0.2, 0.25) is 0 Å². The lowest BCUT2D eigenvalue weighted by Crippen LogP contribution is -2.01. The summed E-state index contributed by atoms with van der Waals surface area (Å²) >= 11 is 0. The zero-order valence-corrected chi connectivity index (χ0v) is 13.5. The third-order valence-electron chi connectivity index (χ3n) is 3.78. The van der Waals surface area contributed by atoms with Gasteiger partial charge in [-0.2, -0.15) is 5.10 Å². The summed E-state index contributed by atoms with van der Waals surface area (Å²) in [5, 5.41) is 15.1. The molecule has 0 aliphatic rings. The molecule has 0 aliphatic carbocycles. The zero-order valence-electron chi connectivity index (χ0n) is 13.5. The van der Waals surface area contributed by atoms with Crippen LogP contribution < -0.4 is 0 Å². The second-order valence-corrected chi connectivity index (χ2v) is 5.44. The highest BCUT2D eigenvalue weighted by Crippen LogP contribution is 2.17. The summed E-state index contributed by atoms with van der Waals surface area (Å²) in [5.41, 5.74) is 2.69. The van der Waals surface area contributed by atoms with Gasteiger partial charge in [0.15, 0.2) is 5.78 Å². The summed E-state index contributed by atoms with van der Waals surface area (Å²) in [6.07, 6.45) is 4.50. The number of nitrogens with zero attached hydrogens (tertiary/aromatic N) is 3. The maximum Gasteiger partial charge on any atom is 0.270 e. The van der Waals surface area contributed by atoms with E-state index >= 15 is 0 Å². The zero-order chi connectivity index (χ0) is 17.8. The number of nitro benzene ring substituents is 1. The molecule has 0 bridgehead atoms. The minimum atomic E-state index is -0.465. The van der Waals surface area contributed by atoms with Crippen molar-refractivity contribution in [3.8, 4) is 5.69 Å². The molecule has 124 valence electrons. The topological polar surface area (TPSA) is 78.0 Å². The van der Waals surface area contributed by atoms with Crippen LogP contribution in [0.15, 0.2) is 66.9 Å². The van der Waals surface area contributed by atoms with Gasteiger partial charge in [0, 0.05) is 12.1 Å². The highest BCUT2D eigenvalue weighted by atomic mass is 16.6. The summed E-state index contributed by atoms with van der Waals surface area (Å²) < 4.78 is 1.70. The van der Waals surface area contributed by atoms with Crippen LogP contribution in [0.3, 0.4) is 0 Å². The number of non-ortho nitro benzene ring substituents is 1. The molecule has 0 saturated heterocycles. The fourth-order valence-corrected chi connectivity index (χ4v) is 2.48. The number of para-hydroxylation sites is 1. The van der Waals surface area contributed by atoms with E-state index in [0.717, 1.165) is 11.4 Å². The van der Waals surface area contributed by atoms with Gasteiger partial charge in [-0.25, -0.2) is 4.68 Å². The van der Waals surface area contributed by atoms with Crippen molar-refractivity contribution in [3.05, 3.63) is 93.8 Å². The first kappa shape index (κ1) is 16.3. The van der Waals surface area contributed by atoms with Crippen LogP contribution in [0.1, 0.15) is 21.6 Å². The Balaban J connectivity index is 1.84. The normalized spacial score (nSPS) is 10.9. The maximum atomic E-state index is 12.4. The van der Waals surface area contributed by atoms with Gasteiger partial charge < -0.3 is 0 Å². The van der Waals surface area contributed by atoms with Crippen molar-refractivity contribution in [2.45, 2.75) is 6.92 Å². The van der Waals surface area contributed by atoms with Gasteiger partial charge in [-0.05, 0) is 30.7 Å². The molecule has 0 fully saturated rings. The molecule has 3 aromatic rings. The lowest BCUT2D eigenvalue weighted by atomic mass is 10.1. The molecular weight excluding hydrogens is 318 g/mol. The van der Waals surface area contributed by atoms with Crippen LogP contribution >= 0.6 is 0 Å². The molecule has 0 atom stereocenters. The van der Waals surface area contributed by atoms with E-state index in [1.54, 1.807) is 22.9 Å². The molecule has 0 amide bonds. The van der Waals surface area contributed by atoms with Crippen LogP contribution in [-0.4, -0.2) is 20.5 Å². The molecule has 25 heavy (non-hydrogen) atoms. The average Bonchev–Trinajstić information content (AvgIpc) is 3.02. The molecule has 0 spiro atoms. The lowest BCUT2D eigenvalue weighted by molar-refractivity contribution is -0.384. The molecule has 1 heterocycles. The highest BCUT2D eigenvalue weighted by molar-refractivity contribution is 6.07. The summed E-state index contributed by atoms with van der Waals surface area (Å²) in [4.78, 5) is 22.8. The summed E-state index contributed by atoms with van der Waals surface area (Å²) in [5.74, 6) is -0.203. The number of allylic oxidation sites excluding steroid dienone is 1. The van der Waals surface area contributed by atoms with E-state index < -0.39 is 4.92 Å². The Labute approximate surface area is 144 Å². The van der Waals surface area contributed by atoms with Crippen molar-refractivity contribution in [2.75, 3.05) is 0 Å². The fraction of sp³-hybridized carbons (Fsp3) is 0.0526. The predicted molar refractivity (Wildman–Crippen MR) is 94.8 cm³/mol. The van der Waals surface area contributed by atoms with Crippen LogP contribution in [0.25, 0.3) is 11.8 Å². The Bertz CT molecular complexity index is 959. The standard InChI is InChI=1S/C19H15N3O3/c1-14-18(13-20-21(14)16-7-3-2-4-8-16)19(23)11-10-15-6-5-9-17(12-15)22(24)25/h2-13H,1H3. The molecule has 3 rings (SSSR count). The van der Waals surface area contributed by atoms with E-state index in [9.17, 15) is 14.9 Å². The first-order valence-electron chi connectivity index (χ1n) is 7.63. The number of hydrogen-bond donors (Lipinski definition) is 0. The predicted octanol–water partition coefficient (Wildman–Crippen LogP) is 3.99. The van der Waals surface area contributed by atoms with Crippen LogP contribution in [0, 0.1) is 17.0 Å². The number of nitro groups is 1. The smallest absolute Gasteiger partial charge is 0.270 e. The molecule has 6 nitrogen and oxygen atoms in total. The van der Waals surface area contributed by atoms with Crippen molar-refractivity contribution in [2.24, 2.45) is 0 Å². The summed E-state index contributed by atoms with van der Waals surface area (Å²) in [6.45, 7) is 1.83. The van der Waals surface area contributed by atoms with Gasteiger partial charge in [-0.1, -0.05) is 36.4 Å². The van der Waals surface area contributed by atoms with Crippen molar-refractivity contribution < 1.29 is 9.72 Å². The highest BCUT2D eigenvalue weighted by Gasteiger charge is 2.13. The van der Waals surface area contributed by atoms with Gasteiger partial charge in [0.25, 0.3) is 5.69 Å². The van der Waals surface area contributed by atoms with E-state index in [4.69, 9.17) is 0 Å². The molecule has 0 aliphatic heterocycles. The Morgan fingerprint density at radius 1 is 1.16 bits per heavy atom. The minimum Gasteiger partial charge on any atom is -0.289 e. The number of benzene rings is 2. The van der Waals surface area contributed by atoms with Gasteiger partial charge in [-0.3, -0.25) is 14.9 Å². The lowest BCUT2D eigenvalue weighted by Gasteiger charge is -2.04. The summed E-state index contributed by atoms with van der Waals surface area (Å²) in [7, 11) is 0. The SMILES string of the molecule is Cc1c(C(=O)C=Cc2cccc([N+](=O)[O-])c2)cnn1-c1ccccc1. The van der Waals surface area contributed by atoms with Crippen LogP contribution in [0.2, 0.25) is 0 Å². The first-order valence-corrected chi connectivity index (χ1v) is 7.63. The third kappa shape index (κ3) is 3.53. The van der Waals surface area contributed by atoms with E-state index in [0.29, 0.717) is 11.1 Å². The first-order chi connectivity index (χ1) is 12.1. The van der Waals surface area contributed by atoms with Crippen LogP contribution in [-0.2, 0) is 0 Å². The van der Waals surface area contributed by atoms with Crippen molar-refractivity contribution >= 4 is 17.5 Å². The fourth-order valence-electron chi connectivity index (χ4n) is 2.48. The van der Waals surface area contributed by atoms with E-state index in [1.165, 1.54) is 24.4 Å². The molecule has 0 saturated carbocycles. The van der Waals surface area contributed by atoms with Gasteiger partial charge >= 0.3 is 0 Å². The maximum absolute atomic E-state index is 12.4. The second-order valence-electron chi connectivity index (χ2n) is 5.44. The number of ketones is 1. The number of aromatic nitrogens is 2. The Morgan fingerprint density at radius 3 is 2.64 bits per heavy atom. The second kappa shape index (κ2) is 6.92. The number of carbonyl (C=O) groups excluding carboxylic acids is 1. The van der Waals surface area contributed by atoms with Gasteiger partial charge in [0.1, 0.15) is 0 Å². The summed E-state index contributed by atoms with van der Waals surface area (Å²) in [6, 6.07) is 15.7. The van der Waals surface area contributed by atoms with Gasteiger partial charge in [0.05, 0.1) is 28.1 Å². The number of carbonyl (C=O) groups is 1. The molecular formula is C19H15N3O3. The molecule has 2 aromatic carbocycles. The van der Waals surface area contributed by atoms with E-state index in [-0.39, 0.29) is 11.5 Å². The molecule has 6 heteroatoms. The largest absolute Gasteiger partial charge is 0.289 e.